The van der Waals surface area contributed by atoms with Crippen LogP contribution in [0, 0.1) is 17.7 Å². The Labute approximate surface area is 140 Å². The van der Waals surface area contributed by atoms with E-state index in [2.05, 4.69) is 6.92 Å². The molecule has 1 aromatic rings. The monoisotopic (exact) mass is 324 g/mol. The van der Waals surface area contributed by atoms with Crippen LogP contribution in [0.3, 0.4) is 0 Å². The number of halogens is 2. The Balaban J connectivity index is 1.63. The van der Waals surface area contributed by atoms with Gasteiger partial charge in [0.2, 0.25) is 0 Å². The van der Waals surface area contributed by atoms with Gasteiger partial charge in [0, 0.05) is 0 Å². The summed E-state index contributed by atoms with van der Waals surface area (Å²) < 4.78 is 13.4. The summed E-state index contributed by atoms with van der Waals surface area (Å²) >= 11 is 5.73. The van der Waals surface area contributed by atoms with Gasteiger partial charge in [-0.15, -0.1) is 0 Å². The summed E-state index contributed by atoms with van der Waals surface area (Å²) in [6.45, 7) is 2.28. The molecular formula is C20H30ClF. The van der Waals surface area contributed by atoms with Gasteiger partial charge in [-0.3, -0.25) is 0 Å². The van der Waals surface area contributed by atoms with E-state index in [-0.39, 0.29) is 10.8 Å². The van der Waals surface area contributed by atoms with E-state index in [1.807, 2.05) is 6.07 Å². The van der Waals surface area contributed by atoms with E-state index in [9.17, 15) is 4.39 Å². The van der Waals surface area contributed by atoms with Crippen LogP contribution in [-0.2, 0) is 6.42 Å². The van der Waals surface area contributed by atoms with Crippen molar-refractivity contribution in [1.82, 2.24) is 0 Å². The molecule has 0 atom stereocenters. The molecule has 0 aromatic heterocycles. The number of hydrogen-bond donors (Lipinski definition) is 0. The van der Waals surface area contributed by atoms with E-state index in [0.717, 1.165) is 23.8 Å². The van der Waals surface area contributed by atoms with Crippen LogP contribution in [0.1, 0.15) is 76.7 Å². The van der Waals surface area contributed by atoms with Crippen LogP contribution < -0.4 is 0 Å². The first-order valence-electron chi connectivity index (χ1n) is 9.13. The zero-order valence-electron chi connectivity index (χ0n) is 13.9. The first-order valence-corrected chi connectivity index (χ1v) is 9.50. The molecule has 1 aliphatic carbocycles. The van der Waals surface area contributed by atoms with Gasteiger partial charge in [0.25, 0.3) is 0 Å². The van der Waals surface area contributed by atoms with Gasteiger partial charge in [-0.05, 0) is 42.4 Å². The van der Waals surface area contributed by atoms with Gasteiger partial charge in [0.15, 0.2) is 0 Å². The highest BCUT2D eigenvalue weighted by Crippen LogP contribution is 2.34. The smallest absolute Gasteiger partial charge is 0.142 e. The number of unbranched alkanes of at least 4 members (excludes halogenated alkanes) is 3. The maximum atomic E-state index is 13.4. The van der Waals surface area contributed by atoms with Crippen molar-refractivity contribution in [3.05, 3.63) is 34.6 Å². The van der Waals surface area contributed by atoms with E-state index < -0.39 is 0 Å². The van der Waals surface area contributed by atoms with E-state index in [1.165, 1.54) is 64.2 Å². The summed E-state index contributed by atoms with van der Waals surface area (Å²) in [6, 6.07) is 5.24. The Hall–Kier alpha value is -0.560. The van der Waals surface area contributed by atoms with Gasteiger partial charge in [-0.1, -0.05) is 82.4 Å². The Kier molecular flexibility index (Phi) is 7.72. The molecule has 1 aliphatic rings. The van der Waals surface area contributed by atoms with Crippen LogP contribution in [0.15, 0.2) is 18.2 Å². The molecular weight excluding hydrogens is 295 g/mol. The molecule has 0 radical (unpaired) electrons. The minimum absolute atomic E-state index is 0.229. The van der Waals surface area contributed by atoms with Gasteiger partial charge < -0.3 is 0 Å². The van der Waals surface area contributed by atoms with Crippen LogP contribution in [-0.4, -0.2) is 0 Å². The lowest BCUT2D eigenvalue weighted by Crippen LogP contribution is -2.15. The van der Waals surface area contributed by atoms with Crippen molar-refractivity contribution in [3.63, 3.8) is 0 Å². The third kappa shape index (κ3) is 5.91. The van der Waals surface area contributed by atoms with E-state index in [1.54, 1.807) is 12.1 Å². The molecule has 0 unspecified atom stereocenters. The predicted molar refractivity (Wildman–Crippen MR) is 93.9 cm³/mol. The maximum Gasteiger partial charge on any atom is 0.142 e. The molecule has 2 heteroatoms. The van der Waals surface area contributed by atoms with Crippen molar-refractivity contribution >= 4 is 11.6 Å². The normalized spacial score (nSPS) is 22.0. The molecule has 0 aliphatic heterocycles. The molecule has 1 fully saturated rings. The van der Waals surface area contributed by atoms with Crippen molar-refractivity contribution in [2.45, 2.75) is 77.6 Å². The molecule has 0 saturated heterocycles. The fraction of sp³-hybridized carbons (Fsp3) is 0.700. The molecule has 0 bridgehead atoms. The third-order valence-electron chi connectivity index (χ3n) is 5.26. The largest absolute Gasteiger partial charge is 0.205 e. The average molecular weight is 325 g/mol. The van der Waals surface area contributed by atoms with Crippen molar-refractivity contribution in [3.8, 4) is 0 Å². The summed E-state index contributed by atoms with van der Waals surface area (Å²) in [5.41, 5.74) is 1.09. The quantitative estimate of drug-likeness (QED) is 0.444. The molecule has 124 valence electrons. The standard InChI is InChI=1S/C20H30ClF/c1-2-3-4-5-6-16-7-9-17(10-8-16)11-12-18-13-14-19(21)20(22)15-18/h13-17H,2-12H2,1H3/t16-,17-. The first kappa shape index (κ1) is 17.8. The number of aryl methyl sites for hydroxylation is 1. The van der Waals surface area contributed by atoms with Gasteiger partial charge in [-0.25, -0.2) is 4.39 Å². The summed E-state index contributed by atoms with van der Waals surface area (Å²) in [5.74, 6) is 1.53. The lowest BCUT2D eigenvalue weighted by molar-refractivity contribution is 0.249. The second kappa shape index (κ2) is 9.55. The van der Waals surface area contributed by atoms with Crippen LogP contribution in [0.2, 0.25) is 5.02 Å². The SMILES string of the molecule is CCCCCC[C@H]1CC[C@H](CCc2ccc(Cl)c(F)c2)CC1. The van der Waals surface area contributed by atoms with Crippen LogP contribution in [0.4, 0.5) is 4.39 Å². The number of rotatable bonds is 8. The summed E-state index contributed by atoms with van der Waals surface area (Å²) in [4.78, 5) is 0. The zero-order valence-corrected chi connectivity index (χ0v) is 14.7. The molecule has 0 amide bonds. The highest BCUT2D eigenvalue weighted by atomic mass is 35.5. The lowest BCUT2D eigenvalue weighted by atomic mass is 9.78. The second-order valence-electron chi connectivity index (χ2n) is 7.02. The molecule has 0 spiro atoms. The Morgan fingerprint density at radius 1 is 1.00 bits per heavy atom. The number of hydrogen-bond acceptors (Lipinski definition) is 0. The minimum Gasteiger partial charge on any atom is -0.205 e. The highest BCUT2D eigenvalue weighted by molar-refractivity contribution is 6.30. The molecule has 0 nitrogen and oxygen atoms in total. The third-order valence-corrected chi connectivity index (χ3v) is 5.56. The Bertz CT molecular complexity index is 435. The Morgan fingerprint density at radius 2 is 1.68 bits per heavy atom. The molecule has 1 aromatic carbocycles. The van der Waals surface area contributed by atoms with E-state index in [0.29, 0.717) is 0 Å². The van der Waals surface area contributed by atoms with Gasteiger partial charge in [0.1, 0.15) is 5.82 Å². The fourth-order valence-corrected chi connectivity index (χ4v) is 3.85. The van der Waals surface area contributed by atoms with Crippen LogP contribution in [0.25, 0.3) is 0 Å². The van der Waals surface area contributed by atoms with Crippen molar-refractivity contribution in [1.29, 1.82) is 0 Å². The van der Waals surface area contributed by atoms with Gasteiger partial charge in [0.05, 0.1) is 5.02 Å². The molecule has 1 saturated carbocycles. The summed E-state index contributed by atoms with van der Waals surface area (Å²) in [5, 5.41) is 0.229. The second-order valence-corrected chi connectivity index (χ2v) is 7.43. The molecule has 0 N–H and O–H groups in total. The molecule has 0 heterocycles. The molecule has 22 heavy (non-hydrogen) atoms. The van der Waals surface area contributed by atoms with Crippen LogP contribution >= 0.6 is 11.6 Å². The van der Waals surface area contributed by atoms with Gasteiger partial charge in [-0.2, -0.15) is 0 Å². The van der Waals surface area contributed by atoms with Crippen molar-refractivity contribution in [2.24, 2.45) is 11.8 Å². The topological polar surface area (TPSA) is 0 Å². The zero-order chi connectivity index (χ0) is 15.8. The van der Waals surface area contributed by atoms with Crippen LogP contribution in [0.5, 0.6) is 0 Å². The predicted octanol–water partition coefficient (Wildman–Crippen LogP) is 7.19. The summed E-state index contributed by atoms with van der Waals surface area (Å²) in [7, 11) is 0. The van der Waals surface area contributed by atoms with Crippen molar-refractivity contribution in [2.75, 3.05) is 0 Å². The highest BCUT2D eigenvalue weighted by Gasteiger charge is 2.20. The summed E-state index contributed by atoms with van der Waals surface area (Å²) in [6.07, 6.45) is 14.7. The van der Waals surface area contributed by atoms with E-state index in [4.69, 9.17) is 11.6 Å². The fourth-order valence-electron chi connectivity index (χ4n) is 3.73. The van der Waals surface area contributed by atoms with E-state index >= 15 is 0 Å². The number of benzene rings is 1. The van der Waals surface area contributed by atoms with Crippen molar-refractivity contribution < 1.29 is 4.39 Å². The lowest BCUT2D eigenvalue weighted by Gasteiger charge is -2.28. The average Bonchev–Trinajstić information content (AvgIpc) is 2.54. The Morgan fingerprint density at radius 3 is 2.32 bits per heavy atom. The first-order chi connectivity index (χ1) is 10.7. The maximum absolute atomic E-state index is 13.4. The molecule has 2 rings (SSSR count). The van der Waals surface area contributed by atoms with Gasteiger partial charge >= 0.3 is 0 Å². The minimum atomic E-state index is -0.282.